The van der Waals surface area contributed by atoms with Crippen molar-refractivity contribution in [3.8, 4) is 0 Å². The second-order valence-electron chi connectivity index (χ2n) is 9.20. The molecule has 0 unspecified atom stereocenters. The van der Waals surface area contributed by atoms with Crippen LogP contribution in [0.1, 0.15) is 47.1 Å². The van der Waals surface area contributed by atoms with Crippen LogP contribution in [0.5, 0.6) is 0 Å². The number of non-ortho nitro benzene ring substituents is 1. The molecule has 0 fully saturated rings. The number of carbonyl (C=O) groups is 3. The third kappa shape index (κ3) is 6.43. The molecule has 0 saturated heterocycles. The second kappa shape index (κ2) is 8.85. The lowest BCUT2D eigenvalue weighted by molar-refractivity contribution is -0.384. The number of carboxylic acids is 1. The highest BCUT2D eigenvalue weighted by molar-refractivity contribution is 5.94. The minimum Gasteiger partial charge on any atom is -0.480 e. The minimum absolute atomic E-state index is 0.185. The number of hydrogen-bond donors (Lipinski definition) is 2. The van der Waals surface area contributed by atoms with Crippen molar-refractivity contribution in [3.05, 3.63) is 40.1 Å². The monoisotopic (exact) mass is 449 g/mol. The predicted octanol–water partition coefficient (Wildman–Crippen LogP) is 3.85. The number of aliphatic carboxylic acids is 1. The molecule has 0 bridgehead atoms. The standard InChI is InChI=1S/C21H27N3O8/c1-20(2,3)31-18(27)22-15(17(25)26)9-12-11-23(19(28)32-21(4,5)6)16-10-13(24(29)30)7-8-14(12)16/h7-8,10-11,15H,9H2,1-6H3,(H,22,27)(H,25,26)/t15-/m0/s1. The summed E-state index contributed by atoms with van der Waals surface area (Å²) in [6.07, 6.45) is -0.522. The molecule has 32 heavy (non-hydrogen) atoms. The molecule has 2 N–H and O–H groups in total. The van der Waals surface area contributed by atoms with Gasteiger partial charge in [0, 0.05) is 30.1 Å². The van der Waals surface area contributed by atoms with Gasteiger partial charge in [0.1, 0.15) is 17.2 Å². The van der Waals surface area contributed by atoms with Crippen LogP contribution in [0, 0.1) is 10.1 Å². The normalized spacial score (nSPS) is 12.8. The first-order chi connectivity index (χ1) is 14.6. The maximum atomic E-state index is 12.7. The molecule has 11 heteroatoms. The SMILES string of the molecule is CC(C)(C)OC(=O)N[C@@H](Cc1cn(C(=O)OC(C)(C)C)c2cc([N+](=O)[O-])ccc12)C(=O)O. The number of nitro benzene ring substituents is 1. The van der Waals surface area contributed by atoms with Gasteiger partial charge >= 0.3 is 18.2 Å². The summed E-state index contributed by atoms with van der Waals surface area (Å²) >= 11 is 0. The number of rotatable bonds is 5. The van der Waals surface area contributed by atoms with Crippen molar-refractivity contribution in [2.24, 2.45) is 0 Å². The Morgan fingerprint density at radius 2 is 1.72 bits per heavy atom. The van der Waals surface area contributed by atoms with Gasteiger partial charge in [0.25, 0.3) is 5.69 Å². The third-order valence-corrected chi connectivity index (χ3v) is 4.09. The number of carboxylic acid groups (broad SMARTS) is 1. The van der Waals surface area contributed by atoms with Gasteiger partial charge < -0.3 is 19.9 Å². The van der Waals surface area contributed by atoms with Crippen molar-refractivity contribution in [2.75, 3.05) is 0 Å². The van der Waals surface area contributed by atoms with Crippen LogP contribution in [0.3, 0.4) is 0 Å². The predicted molar refractivity (Wildman–Crippen MR) is 115 cm³/mol. The van der Waals surface area contributed by atoms with E-state index in [2.05, 4.69) is 5.32 Å². The molecule has 11 nitrogen and oxygen atoms in total. The number of benzene rings is 1. The summed E-state index contributed by atoms with van der Waals surface area (Å²) in [6.45, 7) is 9.94. The van der Waals surface area contributed by atoms with Crippen LogP contribution in [-0.2, 0) is 20.7 Å². The lowest BCUT2D eigenvalue weighted by Crippen LogP contribution is -2.44. The van der Waals surface area contributed by atoms with Crippen LogP contribution < -0.4 is 5.32 Å². The van der Waals surface area contributed by atoms with E-state index in [1.807, 2.05) is 0 Å². The van der Waals surface area contributed by atoms with E-state index in [1.54, 1.807) is 41.5 Å². The van der Waals surface area contributed by atoms with Gasteiger partial charge in [0.05, 0.1) is 10.4 Å². The molecule has 0 spiro atoms. The van der Waals surface area contributed by atoms with E-state index in [1.165, 1.54) is 24.4 Å². The summed E-state index contributed by atoms with van der Waals surface area (Å²) in [4.78, 5) is 47.1. The molecular formula is C21H27N3O8. The van der Waals surface area contributed by atoms with E-state index >= 15 is 0 Å². The number of nitrogens with zero attached hydrogens (tertiary/aromatic N) is 2. The summed E-state index contributed by atoms with van der Waals surface area (Å²) in [7, 11) is 0. The topological polar surface area (TPSA) is 150 Å². The average Bonchev–Trinajstić information content (AvgIpc) is 2.96. The number of amides is 1. The quantitative estimate of drug-likeness (QED) is 0.516. The molecule has 1 aromatic heterocycles. The van der Waals surface area contributed by atoms with Crippen molar-refractivity contribution < 1.29 is 33.9 Å². The molecular weight excluding hydrogens is 422 g/mol. The molecule has 0 aliphatic heterocycles. The van der Waals surface area contributed by atoms with Gasteiger partial charge in [0.15, 0.2) is 0 Å². The Morgan fingerprint density at radius 3 is 2.22 bits per heavy atom. The number of nitro groups is 1. The summed E-state index contributed by atoms with van der Waals surface area (Å²) in [5.41, 5.74) is -1.32. The molecule has 0 saturated carbocycles. The van der Waals surface area contributed by atoms with Crippen molar-refractivity contribution >= 4 is 34.7 Å². The molecule has 1 aromatic carbocycles. The van der Waals surface area contributed by atoms with Gasteiger partial charge in [0.2, 0.25) is 0 Å². The van der Waals surface area contributed by atoms with E-state index in [-0.39, 0.29) is 17.6 Å². The summed E-state index contributed by atoms with van der Waals surface area (Å²) in [5, 5.41) is 23.5. The van der Waals surface area contributed by atoms with Crippen molar-refractivity contribution in [1.82, 2.24) is 9.88 Å². The average molecular weight is 449 g/mol. The molecule has 1 heterocycles. The van der Waals surface area contributed by atoms with Crippen LogP contribution in [0.4, 0.5) is 15.3 Å². The van der Waals surface area contributed by atoms with Crippen LogP contribution in [0.15, 0.2) is 24.4 Å². The second-order valence-corrected chi connectivity index (χ2v) is 9.20. The fourth-order valence-electron chi connectivity index (χ4n) is 2.89. The fraction of sp³-hybridized carbons (Fsp3) is 0.476. The molecule has 2 rings (SSSR count). The van der Waals surface area contributed by atoms with Gasteiger partial charge in [-0.2, -0.15) is 0 Å². The minimum atomic E-state index is -1.36. The Labute approximate surface area is 184 Å². The highest BCUT2D eigenvalue weighted by atomic mass is 16.6. The number of aromatic nitrogens is 1. The molecule has 1 amide bonds. The first kappa shape index (κ1) is 24.6. The summed E-state index contributed by atoms with van der Waals surface area (Å²) in [6, 6.07) is 2.52. The van der Waals surface area contributed by atoms with E-state index in [9.17, 15) is 29.6 Å². The Kier molecular flexibility index (Phi) is 6.82. The third-order valence-electron chi connectivity index (χ3n) is 4.09. The number of ether oxygens (including phenoxy) is 2. The van der Waals surface area contributed by atoms with Gasteiger partial charge in [-0.15, -0.1) is 0 Å². The summed E-state index contributed by atoms with van der Waals surface area (Å²) < 4.78 is 11.6. The van der Waals surface area contributed by atoms with Crippen molar-refractivity contribution in [1.29, 1.82) is 0 Å². The van der Waals surface area contributed by atoms with Crippen LogP contribution in [-0.4, -0.2) is 50.0 Å². The Bertz CT molecular complexity index is 1060. The number of alkyl carbamates (subject to hydrolysis) is 1. The molecule has 2 aromatic rings. The van der Waals surface area contributed by atoms with E-state index < -0.39 is 40.3 Å². The van der Waals surface area contributed by atoms with Crippen LogP contribution in [0.25, 0.3) is 10.9 Å². The van der Waals surface area contributed by atoms with E-state index in [4.69, 9.17) is 9.47 Å². The zero-order chi connectivity index (χ0) is 24.4. The Balaban J connectivity index is 2.47. The van der Waals surface area contributed by atoms with Crippen molar-refractivity contribution in [2.45, 2.75) is 65.2 Å². The number of hydrogen-bond acceptors (Lipinski definition) is 7. The summed E-state index contributed by atoms with van der Waals surface area (Å²) in [5.74, 6) is -1.31. The zero-order valence-electron chi connectivity index (χ0n) is 18.8. The molecule has 0 radical (unpaired) electrons. The maximum Gasteiger partial charge on any atom is 0.419 e. The molecule has 174 valence electrons. The highest BCUT2D eigenvalue weighted by Crippen LogP contribution is 2.28. The lowest BCUT2D eigenvalue weighted by atomic mass is 10.0. The van der Waals surface area contributed by atoms with Gasteiger partial charge in [-0.05, 0) is 53.2 Å². The van der Waals surface area contributed by atoms with E-state index in [0.29, 0.717) is 10.9 Å². The van der Waals surface area contributed by atoms with E-state index in [0.717, 1.165) is 4.57 Å². The first-order valence-electron chi connectivity index (χ1n) is 9.81. The lowest BCUT2D eigenvalue weighted by Gasteiger charge is -2.22. The number of fused-ring (bicyclic) bond motifs is 1. The number of carbonyl (C=O) groups excluding carboxylic acids is 2. The Morgan fingerprint density at radius 1 is 1.12 bits per heavy atom. The largest absolute Gasteiger partial charge is 0.480 e. The van der Waals surface area contributed by atoms with Gasteiger partial charge in [-0.3, -0.25) is 14.7 Å². The van der Waals surface area contributed by atoms with Crippen LogP contribution in [0.2, 0.25) is 0 Å². The molecule has 1 atom stereocenters. The maximum absolute atomic E-state index is 12.7. The van der Waals surface area contributed by atoms with Crippen LogP contribution >= 0.6 is 0 Å². The van der Waals surface area contributed by atoms with Crippen molar-refractivity contribution in [3.63, 3.8) is 0 Å². The fourth-order valence-corrected chi connectivity index (χ4v) is 2.89. The molecule has 0 aliphatic carbocycles. The highest BCUT2D eigenvalue weighted by Gasteiger charge is 2.28. The smallest absolute Gasteiger partial charge is 0.419 e. The zero-order valence-corrected chi connectivity index (χ0v) is 18.8. The molecule has 0 aliphatic rings. The van der Waals surface area contributed by atoms with Gasteiger partial charge in [-0.25, -0.2) is 14.4 Å². The number of nitrogens with one attached hydrogen (secondary N) is 1. The Hall–Kier alpha value is -3.63. The van der Waals surface area contributed by atoms with Gasteiger partial charge in [-0.1, -0.05) is 0 Å². The first-order valence-corrected chi connectivity index (χ1v) is 9.81.